The molecule has 0 bridgehead atoms. The van der Waals surface area contributed by atoms with E-state index in [0.29, 0.717) is 12.0 Å². The number of ketones is 1. The van der Waals surface area contributed by atoms with Crippen molar-refractivity contribution in [2.24, 2.45) is 0 Å². The predicted molar refractivity (Wildman–Crippen MR) is 61.8 cm³/mol. The summed E-state index contributed by atoms with van der Waals surface area (Å²) in [5.41, 5.74) is 5.44. The number of hydrogen-bond donors (Lipinski definition) is 2. The summed E-state index contributed by atoms with van der Waals surface area (Å²) in [7, 11) is 0. The smallest absolute Gasteiger partial charge is 0.396 e. The Labute approximate surface area is 105 Å². The number of anilines is 1. The fraction of sp³-hybridized carbons (Fsp3) is 0.250. The highest BCUT2D eigenvalue weighted by Crippen LogP contribution is 2.34. The molecule has 0 radical (unpaired) electrons. The maximum atomic E-state index is 12.6. The molecule has 0 saturated carbocycles. The topological polar surface area (TPSA) is 71.4 Å². The van der Waals surface area contributed by atoms with Crippen molar-refractivity contribution in [1.82, 2.24) is 4.98 Å². The molecule has 0 aliphatic carbocycles. The molecule has 0 amide bonds. The van der Waals surface area contributed by atoms with Gasteiger partial charge in [0.15, 0.2) is 0 Å². The molecular formula is C12H9F3N2O2. The molecule has 1 unspecified atom stereocenters. The van der Waals surface area contributed by atoms with Crippen LogP contribution in [0.5, 0.6) is 0 Å². The van der Waals surface area contributed by atoms with Crippen LogP contribution in [0.4, 0.5) is 18.9 Å². The first-order valence-electron chi connectivity index (χ1n) is 5.52. The maximum absolute atomic E-state index is 12.6. The summed E-state index contributed by atoms with van der Waals surface area (Å²) in [5, 5.41) is 0.400. The molecule has 0 spiro atoms. The number of nitrogens with one attached hydrogen (secondary N) is 1. The summed E-state index contributed by atoms with van der Waals surface area (Å²) in [6.45, 7) is 0.321. The number of aromatic amines is 1. The average molecular weight is 270 g/mol. The van der Waals surface area contributed by atoms with Gasteiger partial charge in [0.2, 0.25) is 5.78 Å². The van der Waals surface area contributed by atoms with Gasteiger partial charge in [-0.3, -0.25) is 4.79 Å². The van der Waals surface area contributed by atoms with Gasteiger partial charge in [-0.2, -0.15) is 13.2 Å². The van der Waals surface area contributed by atoms with E-state index in [1.807, 2.05) is 0 Å². The van der Waals surface area contributed by atoms with Gasteiger partial charge < -0.3 is 15.5 Å². The number of rotatable bonds is 2. The highest BCUT2D eigenvalue weighted by molar-refractivity contribution is 6.10. The third-order valence-corrected chi connectivity index (χ3v) is 3.04. The van der Waals surface area contributed by atoms with E-state index in [1.54, 1.807) is 0 Å². The predicted octanol–water partition coefficient (Wildman–Crippen LogP) is 2.35. The number of hydrogen-bond acceptors (Lipinski definition) is 3. The molecule has 1 aromatic carbocycles. The summed E-state index contributed by atoms with van der Waals surface area (Å²) in [6.07, 6.45) is -4.96. The minimum Gasteiger partial charge on any atom is -0.396 e. The van der Waals surface area contributed by atoms with E-state index in [0.717, 1.165) is 12.1 Å². The molecule has 1 saturated heterocycles. The Balaban J connectivity index is 2.12. The lowest BCUT2D eigenvalue weighted by Gasteiger charge is -2.05. The Kier molecular flexibility index (Phi) is 2.37. The van der Waals surface area contributed by atoms with Crippen molar-refractivity contribution in [3.8, 4) is 0 Å². The van der Waals surface area contributed by atoms with Gasteiger partial charge in [-0.25, -0.2) is 0 Å². The average Bonchev–Trinajstić information content (AvgIpc) is 3.13. The van der Waals surface area contributed by atoms with Crippen molar-refractivity contribution in [2.45, 2.75) is 12.3 Å². The number of Topliss-reactive ketones (excluding diaryl/α,β-unsaturated/α-hetero) is 1. The summed E-state index contributed by atoms with van der Waals surface area (Å²) >= 11 is 0. The highest BCUT2D eigenvalue weighted by atomic mass is 19.4. The quantitative estimate of drug-likeness (QED) is 0.650. The number of fused-ring (bicyclic) bond motifs is 1. The third-order valence-electron chi connectivity index (χ3n) is 3.04. The van der Waals surface area contributed by atoms with Gasteiger partial charge >= 0.3 is 6.18 Å². The molecular weight excluding hydrogens is 261 g/mol. The molecule has 100 valence electrons. The second kappa shape index (κ2) is 3.74. The summed E-state index contributed by atoms with van der Waals surface area (Å²) < 4.78 is 42.6. The van der Waals surface area contributed by atoms with Crippen molar-refractivity contribution in [1.29, 1.82) is 0 Å². The number of benzene rings is 1. The van der Waals surface area contributed by atoms with E-state index < -0.39 is 17.8 Å². The fourth-order valence-corrected chi connectivity index (χ4v) is 1.95. The molecule has 19 heavy (non-hydrogen) atoms. The Bertz CT molecular complexity index is 671. The number of epoxide rings is 1. The van der Waals surface area contributed by atoms with Crippen LogP contribution in [0.3, 0.4) is 0 Å². The van der Waals surface area contributed by atoms with Crippen LogP contribution in [0.1, 0.15) is 16.1 Å². The number of H-pyrrole nitrogens is 1. The van der Waals surface area contributed by atoms with Gasteiger partial charge in [0, 0.05) is 10.9 Å². The number of halogens is 3. The molecule has 7 heteroatoms. The van der Waals surface area contributed by atoms with E-state index in [-0.39, 0.29) is 22.7 Å². The van der Waals surface area contributed by atoms with E-state index in [2.05, 4.69) is 4.98 Å². The van der Waals surface area contributed by atoms with Crippen LogP contribution in [-0.4, -0.2) is 23.5 Å². The van der Waals surface area contributed by atoms with E-state index in [4.69, 9.17) is 10.5 Å². The second-order valence-corrected chi connectivity index (χ2v) is 4.36. The summed E-state index contributed by atoms with van der Waals surface area (Å²) in [6, 6.07) is 3.14. The van der Waals surface area contributed by atoms with Crippen LogP contribution in [0, 0.1) is 0 Å². The number of nitrogens with two attached hydrogens (primary N) is 1. The third kappa shape index (κ3) is 1.95. The van der Waals surface area contributed by atoms with E-state index in [9.17, 15) is 18.0 Å². The zero-order chi connectivity index (χ0) is 13.8. The first-order chi connectivity index (χ1) is 8.88. The molecule has 1 fully saturated rings. The van der Waals surface area contributed by atoms with Crippen LogP contribution < -0.4 is 5.73 Å². The number of aromatic nitrogens is 1. The normalized spacial score (nSPS) is 18.8. The monoisotopic (exact) mass is 270 g/mol. The summed E-state index contributed by atoms with van der Waals surface area (Å²) in [5.74, 6) is -0.331. The molecule has 1 atom stereocenters. The van der Waals surface area contributed by atoms with Crippen molar-refractivity contribution in [2.75, 3.05) is 12.3 Å². The maximum Gasteiger partial charge on any atom is 0.416 e. The number of carbonyl (C=O) groups is 1. The van der Waals surface area contributed by atoms with Gasteiger partial charge in [-0.15, -0.1) is 0 Å². The molecule has 1 aliphatic rings. The molecule has 3 N–H and O–H groups in total. The zero-order valence-corrected chi connectivity index (χ0v) is 9.54. The fourth-order valence-electron chi connectivity index (χ4n) is 1.95. The number of nitrogen functional groups attached to an aromatic ring is 1. The minimum atomic E-state index is -4.43. The van der Waals surface area contributed by atoms with E-state index in [1.165, 1.54) is 6.07 Å². The van der Waals surface area contributed by atoms with Crippen LogP contribution in [0.2, 0.25) is 0 Å². The Morgan fingerprint density at radius 3 is 2.68 bits per heavy atom. The van der Waals surface area contributed by atoms with Gasteiger partial charge in [-0.1, -0.05) is 6.07 Å². The minimum absolute atomic E-state index is 0.108. The summed E-state index contributed by atoms with van der Waals surface area (Å²) in [4.78, 5) is 14.5. The standard InChI is InChI=1S/C12H9F3N2O2/c13-12(14,15)5-1-2-6-7(3-5)17-10(9(6)16)11(18)8-4-19-8/h1-3,8,17H,4,16H2. The molecule has 1 aliphatic heterocycles. The van der Waals surface area contributed by atoms with E-state index >= 15 is 0 Å². The highest BCUT2D eigenvalue weighted by Gasteiger charge is 2.35. The van der Waals surface area contributed by atoms with Crippen molar-refractivity contribution in [3.05, 3.63) is 29.5 Å². The lowest BCUT2D eigenvalue weighted by molar-refractivity contribution is -0.137. The van der Waals surface area contributed by atoms with Crippen molar-refractivity contribution >= 4 is 22.4 Å². The van der Waals surface area contributed by atoms with Crippen LogP contribution in [0.15, 0.2) is 18.2 Å². The lowest BCUT2D eigenvalue weighted by Crippen LogP contribution is -2.09. The van der Waals surface area contributed by atoms with Gasteiger partial charge in [0.1, 0.15) is 11.8 Å². The Hall–Kier alpha value is -2.02. The molecule has 1 aromatic heterocycles. The van der Waals surface area contributed by atoms with Crippen molar-refractivity contribution < 1.29 is 22.7 Å². The first kappa shape index (κ1) is 12.0. The molecule has 3 rings (SSSR count). The molecule has 2 heterocycles. The Morgan fingerprint density at radius 1 is 1.42 bits per heavy atom. The zero-order valence-electron chi connectivity index (χ0n) is 9.54. The Morgan fingerprint density at radius 2 is 2.11 bits per heavy atom. The van der Waals surface area contributed by atoms with Crippen LogP contribution >= 0.6 is 0 Å². The van der Waals surface area contributed by atoms with Crippen molar-refractivity contribution in [3.63, 3.8) is 0 Å². The van der Waals surface area contributed by atoms with Gasteiger partial charge in [0.05, 0.1) is 17.9 Å². The molecule has 4 nitrogen and oxygen atoms in total. The largest absolute Gasteiger partial charge is 0.416 e. The first-order valence-corrected chi connectivity index (χ1v) is 5.52. The SMILES string of the molecule is Nc1c(C(=O)C2CO2)[nH]c2cc(C(F)(F)F)ccc12. The molecule has 2 aromatic rings. The number of alkyl halides is 3. The van der Waals surface area contributed by atoms with Gasteiger partial charge in [-0.05, 0) is 12.1 Å². The second-order valence-electron chi connectivity index (χ2n) is 4.36. The van der Waals surface area contributed by atoms with Gasteiger partial charge in [0.25, 0.3) is 0 Å². The van der Waals surface area contributed by atoms with Crippen LogP contribution in [0.25, 0.3) is 10.9 Å². The van der Waals surface area contributed by atoms with Crippen LogP contribution in [-0.2, 0) is 10.9 Å². The number of ether oxygens (including phenoxy) is 1. The number of carbonyl (C=O) groups excluding carboxylic acids is 1. The lowest BCUT2D eigenvalue weighted by atomic mass is 10.1.